The second-order valence-corrected chi connectivity index (χ2v) is 7.54. The first-order valence-electron chi connectivity index (χ1n) is 8.55. The largest absolute Gasteiger partial charge is 0.497 e. The fourth-order valence-corrected chi connectivity index (χ4v) is 3.98. The highest BCUT2D eigenvalue weighted by Gasteiger charge is 2.23. The van der Waals surface area contributed by atoms with Crippen LogP contribution in [0.25, 0.3) is 0 Å². The van der Waals surface area contributed by atoms with Gasteiger partial charge in [0.15, 0.2) is 5.17 Å². The Hall–Kier alpha value is -2.50. The molecule has 0 saturated heterocycles. The van der Waals surface area contributed by atoms with Crippen molar-refractivity contribution in [3.05, 3.63) is 83.0 Å². The van der Waals surface area contributed by atoms with Crippen molar-refractivity contribution in [2.24, 2.45) is 4.99 Å². The zero-order chi connectivity index (χ0) is 18.6. The number of ether oxygens (including phenoxy) is 1. The molecule has 6 heteroatoms. The summed E-state index contributed by atoms with van der Waals surface area (Å²) < 4.78 is 5.36. The molecule has 4 nitrogen and oxygen atoms in total. The Bertz CT molecular complexity index is 975. The quantitative estimate of drug-likeness (QED) is 0.581. The number of amidine groups is 1. The Kier molecular flexibility index (Phi) is 5.32. The molecule has 0 amide bonds. The third-order valence-corrected chi connectivity index (χ3v) is 5.57. The molecule has 0 aliphatic carbocycles. The molecule has 0 N–H and O–H groups in total. The number of nitrogens with zero attached hydrogens (tertiary/aromatic N) is 3. The lowest BCUT2D eigenvalue weighted by atomic mass is 10.2. The SMILES string of the molecule is COc1cccc(CN2Cc3cccnc3SC2=Nc2ccc(Cl)cc2)c1. The van der Waals surface area contributed by atoms with E-state index in [2.05, 4.69) is 28.1 Å². The number of benzene rings is 2. The van der Waals surface area contributed by atoms with Crippen LogP contribution in [0.5, 0.6) is 5.75 Å². The first kappa shape index (κ1) is 17.9. The summed E-state index contributed by atoms with van der Waals surface area (Å²) in [6.45, 7) is 1.50. The third kappa shape index (κ3) is 4.26. The van der Waals surface area contributed by atoms with Gasteiger partial charge in [-0.2, -0.15) is 0 Å². The van der Waals surface area contributed by atoms with Crippen molar-refractivity contribution >= 4 is 34.2 Å². The predicted molar refractivity (Wildman–Crippen MR) is 111 cm³/mol. The van der Waals surface area contributed by atoms with Crippen molar-refractivity contribution in [1.82, 2.24) is 9.88 Å². The van der Waals surface area contributed by atoms with Crippen LogP contribution in [0.4, 0.5) is 5.69 Å². The molecule has 1 aliphatic heterocycles. The molecule has 0 bridgehead atoms. The summed E-state index contributed by atoms with van der Waals surface area (Å²) in [5.41, 5.74) is 3.25. The summed E-state index contributed by atoms with van der Waals surface area (Å²) in [7, 11) is 1.69. The second-order valence-electron chi connectivity index (χ2n) is 6.15. The Balaban J connectivity index is 1.67. The second kappa shape index (κ2) is 8.03. The van der Waals surface area contributed by atoms with E-state index < -0.39 is 0 Å². The molecular weight excluding hydrogens is 378 g/mol. The number of rotatable bonds is 4. The topological polar surface area (TPSA) is 37.7 Å². The van der Waals surface area contributed by atoms with Crippen molar-refractivity contribution in [3.8, 4) is 5.75 Å². The van der Waals surface area contributed by atoms with Crippen LogP contribution in [-0.2, 0) is 13.1 Å². The average molecular weight is 396 g/mol. The maximum atomic E-state index is 6.00. The van der Waals surface area contributed by atoms with Gasteiger partial charge in [-0.05, 0) is 59.8 Å². The number of hydrogen-bond donors (Lipinski definition) is 0. The molecule has 0 fully saturated rings. The Labute approximate surface area is 167 Å². The van der Waals surface area contributed by atoms with Gasteiger partial charge in [0, 0.05) is 29.9 Å². The standard InChI is InChI=1S/C21H18ClN3OS/c1-26-19-6-2-4-15(12-19)13-25-14-16-5-3-11-23-20(16)27-21(25)24-18-9-7-17(22)8-10-18/h2-12H,13-14H2,1H3. The van der Waals surface area contributed by atoms with E-state index in [4.69, 9.17) is 21.3 Å². The lowest BCUT2D eigenvalue weighted by molar-refractivity contribution is 0.398. The smallest absolute Gasteiger partial charge is 0.171 e. The molecular formula is C21H18ClN3OS. The van der Waals surface area contributed by atoms with E-state index in [1.807, 2.05) is 48.7 Å². The van der Waals surface area contributed by atoms with Crippen molar-refractivity contribution in [1.29, 1.82) is 0 Å². The van der Waals surface area contributed by atoms with Gasteiger partial charge in [0.1, 0.15) is 10.8 Å². The molecule has 3 aromatic rings. The molecule has 0 atom stereocenters. The molecule has 136 valence electrons. The number of methoxy groups -OCH3 is 1. The number of fused-ring (bicyclic) bond motifs is 1. The summed E-state index contributed by atoms with van der Waals surface area (Å²) in [5, 5.41) is 2.63. The first-order valence-corrected chi connectivity index (χ1v) is 9.74. The summed E-state index contributed by atoms with van der Waals surface area (Å²) in [4.78, 5) is 11.6. The van der Waals surface area contributed by atoms with Gasteiger partial charge in [0.25, 0.3) is 0 Å². The van der Waals surface area contributed by atoms with E-state index in [1.54, 1.807) is 18.9 Å². The van der Waals surface area contributed by atoms with E-state index in [0.29, 0.717) is 5.02 Å². The van der Waals surface area contributed by atoms with Gasteiger partial charge >= 0.3 is 0 Å². The van der Waals surface area contributed by atoms with Gasteiger partial charge in [-0.3, -0.25) is 0 Å². The average Bonchev–Trinajstić information content (AvgIpc) is 2.70. The Morgan fingerprint density at radius 3 is 2.81 bits per heavy atom. The molecule has 0 radical (unpaired) electrons. The molecule has 1 aliphatic rings. The number of pyridine rings is 1. The van der Waals surface area contributed by atoms with E-state index in [1.165, 1.54) is 11.1 Å². The van der Waals surface area contributed by atoms with Crippen LogP contribution in [-0.4, -0.2) is 22.2 Å². The zero-order valence-corrected chi connectivity index (χ0v) is 16.4. The summed E-state index contributed by atoms with van der Waals surface area (Å²) in [6.07, 6.45) is 1.82. The van der Waals surface area contributed by atoms with Crippen LogP contribution in [0.1, 0.15) is 11.1 Å². The maximum Gasteiger partial charge on any atom is 0.171 e. The van der Waals surface area contributed by atoms with Gasteiger partial charge < -0.3 is 9.64 Å². The van der Waals surface area contributed by atoms with Crippen LogP contribution in [0.15, 0.2) is 76.9 Å². The van der Waals surface area contributed by atoms with Crippen LogP contribution in [0, 0.1) is 0 Å². The lowest BCUT2D eigenvalue weighted by Crippen LogP contribution is -2.31. The number of aliphatic imine (C=N–C) groups is 1. The lowest BCUT2D eigenvalue weighted by Gasteiger charge is -2.30. The minimum absolute atomic E-state index is 0.704. The number of aromatic nitrogens is 1. The normalized spacial score (nSPS) is 14.9. The zero-order valence-electron chi connectivity index (χ0n) is 14.8. The van der Waals surface area contributed by atoms with Crippen molar-refractivity contribution in [3.63, 3.8) is 0 Å². The fourth-order valence-electron chi connectivity index (χ4n) is 2.89. The van der Waals surface area contributed by atoms with Crippen molar-refractivity contribution < 1.29 is 4.74 Å². The monoisotopic (exact) mass is 395 g/mol. The van der Waals surface area contributed by atoms with E-state index in [0.717, 1.165) is 34.7 Å². The molecule has 0 unspecified atom stereocenters. The highest BCUT2D eigenvalue weighted by Crippen LogP contribution is 2.33. The molecule has 0 saturated carbocycles. The molecule has 2 aromatic carbocycles. The molecule has 1 aromatic heterocycles. The summed E-state index contributed by atoms with van der Waals surface area (Å²) >= 11 is 7.59. The molecule has 0 spiro atoms. The number of thioether (sulfide) groups is 1. The highest BCUT2D eigenvalue weighted by molar-refractivity contribution is 8.13. The summed E-state index contributed by atoms with van der Waals surface area (Å²) in [5.74, 6) is 0.857. The molecule has 2 heterocycles. The minimum Gasteiger partial charge on any atom is -0.497 e. The van der Waals surface area contributed by atoms with Gasteiger partial charge in [0.2, 0.25) is 0 Å². The van der Waals surface area contributed by atoms with Crippen LogP contribution in [0.2, 0.25) is 5.02 Å². The first-order chi connectivity index (χ1) is 13.2. The summed E-state index contributed by atoms with van der Waals surface area (Å²) in [6, 6.07) is 19.8. The third-order valence-electron chi connectivity index (χ3n) is 4.23. The maximum absolute atomic E-state index is 6.00. The van der Waals surface area contributed by atoms with Crippen molar-refractivity contribution in [2.75, 3.05) is 7.11 Å². The number of hydrogen-bond acceptors (Lipinski definition) is 4. The van der Waals surface area contributed by atoms with Gasteiger partial charge in [-0.1, -0.05) is 29.8 Å². The van der Waals surface area contributed by atoms with E-state index >= 15 is 0 Å². The minimum atomic E-state index is 0.704. The van der Waals surface area contributed by atoms with E-state index in [-0.39, 0.29) is 0 Å². The van der Waals surface area contributed by atoms with Crippen molar-refractivity contribution in [2.45, 2.75) is 18.1 Å². The molecule has 4 rings (SSSR count). The van der Waals surface area contributed by atoms with Gasteiger partial charge in [0.05, 0.1) is 12.8 Å². The Morgan fingerprint density at radius 2 is 2.00 bits per heavy atom. The van der Waals surface area contributed by atoms with Crippen LogP contribution in [0.3, 0.4) is 0 Å². The highest BCUT2D eigenvalue weighted by atomic mass is 35.5. The number of halogens is 1. The predicted octanol–water partition coefficient (Wildman–Crippen LogP) is 5.54. The van der Waals surface area contributed by atoms with Gasteiger partial charge in [-0.15, -0.1) is 0 Å². The van der Waals surface area contributed by atoms with Gasteiger partial charge in [-0.25, -0.2) is 9.98 Å². The van der Waals surface area contributed by atoms with Crippen LogP contribution < -0.4 is 4.74 Å². The molecule has 27 heavy (non-hydrogen) atoms. The Morgan fingerprint density at radius 1 is 1.15 bits per heavy atom. The van der Waals surface area contributed by atoms with Crippen LogP contribution >= 0.6 is 23.4 Å². The van der Waals surface area contributed by atoms with E-state index in [9.17, 15) is 0 Å². The fraction of sp³-hybridized carbons (Fsp3) is 0.143.